The van der Waals surface area contributed by atoms with E-state index in [0.717, 1.165) is 40.7 Å². The number of hydrogen-bond donors (Lipinski definition) is 1. The number of aryl methyl sites for hydroxylation is 3. The van der Waals surface area contributed by atoms with Crippen LogP contribution in [-0.2, 0) is 7.05 Å². The molecule has 1 aliphatic rings. The molecule has 2 aromatic heterocycles. The molecule has 1 fully saturated rings. The third-order valence-corrected chi connectivity index (χ3v) is 6.78. The summed E-state index contributed by atoms with van der Waals surface area (Å²) in [4.78, 5) is 33.1. The van der Waals surface area contributed by atoms with E-state index in [2.05, 4.69) is 10.4 Å². The van der Waals surface area contributed by atoms with Crippen molar-refractivity contribution in [1.82, 2.24) is 25.0 Å². The largest absolute Gasteiger partial charge is 0.349 e. The maximum absolute atomic E-state index is 13.7. The molecule has 0 aliphatic carbocycles. The van der Waals surface area contributed by atoms with Crippen LogP contribution in [0.3, 0.4) is 0 Å². The SMILES string of the molecule is Cc1ccccc1C(=O)NC1CCN(C(=O)c2cc(-c3ccccc3)nc3c2c(C)nn3C)CC1. The molecule has 1 saturated heterocycles. The van der Waals surface area contributed by atoms with Crippen molar-refractivity contribution in [2.45, 2.75) is 32.7 Å². The molecule has 35 heavy (non-hydrogen) atoms. The molecule has 0 saturated carbocycles. The van der Waals surface area contributed by atoms with E-state index in [4.69, 9.17) is 4.98 Å². The first-order valence-corrected chi connectivity index (χ1v) is 12.0. The van der Waals surface area contributed by atoms with E-state index in [0.29, 0.717) is 29.9 Å². The first kappa shape index (κ1) is 22.8. The Kier molecular flexibility index (Phi) is 6.07. The summed E-state index contributed by atoms with van der Waals surface area (Å²) in [6.07, 6.45) is 1.43. The molecule has 5 rings (SSSR count). The quantitative estimate of drug-likeness (QED) is 0.486. The highest BCUT2D eigenvalue weighted by molar-refractivity contribution is 6.07. The number of hydrogen-bond acceptors (Lipinski definition) is 4. The molecule has 178 valence electrons. The fourth-order valence-corrected chi connectivity index (χ4v) is 4.86. The standard InChI is InChI=1S/C28H29N5O2/c1-18-9-7-8-12-22(18)27(34)29-21-13-15-33(16-14-21)28(35)23-17-24(20-10-5-4-6-11-20)30-26-25(23)19(2)31-32(26)3/h4-12,17,21H,13-16H2,1-3H3,(H,29,34). The average Bonchev–Trinajstić information content (AvgIpc) is 3.17. The van der Waals surface area contributed by atoms with Crippen LogP contribution in [0.1, 0.15) is 44.8 Å². The van der Waals surface area contributed by atoms with Crippen molar-refractivity contribution < 1.29 is 9.59 Å². The topological polar surface area (TPSA) is 80.1 Å². The van der Waals surface area contributed by atoms with Crippen LogP contribution >= 0.6 is 0 Å². The van der Waals surface area contributed by atoms with Crippen LogP contribution in [0, 0.1) is 13.8 Å². The van der Waals surface area contributed by atoms with Gasteiger partial charge in [0.2, 0.25) is 0 Å². The maximum Gasteiger partial charge on any atom is 0.254 e. The molecule has 0 radical (unpaired) electrons. The highest BCUT2D eigenvalue weighted by Gasteiger charge is 2.28. The van der Waals surface area contributed by atoms with Crippen LogP contribution < -0.4 is 5.32 Å². The molecule has 7 nitrogen and oxygen atoms in total. The van der Waals surface area contributed by atoms with Crippen molar-refractivity contribution in [3.63, 3.8) is 0 Å². The number of likely N-dealkylation sites (tertiary alicyclic amines) is 1. The van der Waals surface area contributed by atoms with Crippen LogP contribution in [-0.4, -0.2) is 50.6 Å². The predicted molar refractivity (Wildman–Crippen MR) is 136 cm³/mol. The van der Waals surface area contributed by atoms with E-state index in [1.165, 1.54) is 0 Å². The number of rotatable bonds is 4. The molecule has 0 bridgehead atoms. The molecule has 3 heterocycles. The third-order valence-electron chi connectivity index (χ3n) is 6.78. The third kappa shape index (κ3) is 4.41. The van der Waals surface area contributed by atoms with Gasteiger partial charge in [-0.1, -0.05) is 48.5 Å². The molecule has 0 atom stereocenters. The first-order valence-electron chi connectivity index (χ1n) is 12.0. The first-order chi connectivity index (χ1) is 16.9. The summed E-state index contributed by atoms with van der Waals surface area (Å²) in [5.74, 6) is -0.0726. The number of aromatic nitrogens is 3. The molecule has 4 aromatic rings. The van der Waals surface area contributed by atoms with Gasteiger partial charge in [0.1, 0.15) is 0 Å². The van der Waals surface area contributed by atoms with Gasteiger partial charge in [0.15, 0.2) is 5.65 Å². The zero-order chi connectivity index (χ0) is 24.5. The number of fused-ring (bicyclic) bond motifs is 1. The Morgan fingerprint density at radius 1 is 0.943 bits per heavy atom. The molecule has 7 heteroatoms. The number of carbonyl (C=O) groups is 2. The van der Waals surface area contributed by atoms with Crippen molar-refractivity contribution >= 4 is 22.8 Å². The minimum absolute atomic E-state index is 0.0191. The predicted octanol–water partition coefficient (Wildman–Crippen LogP) is 4.29. The minimum atomic E-state index is -0.0535. The Labute approximate surface area is 204 Å². The molecule has 2 amide bonds. The summed E-state index contributed by atoms with van der Waals surface area (Å²) >= 11 is 0. The summed E-state index contributed by atoms with van der Waals surface area (Å²) < 4.78 is 1.74. The second-order valence-electron chi connectivity index (χ2n) is 9.18. The molecule has 2 aromatic carbocycles. The minimum Gasteiger partial charge on any atom is -0.349 e. The van der Waals surface area contributed by atoms with Gasteiger partial charge in [0.05, 0.1) is 22.3 Å². The van der Waals surface area contributed by atoms with Crippen molar-refractivity contribution in [2.24, 2.45) is 7.05 Å². The van der Waals surface area contributed by atoms with Crippen LogP contribution in [0.2, 0.25) is 0 Å². The van der Waals surface area contributed by atoms with Gasteiger partial charge in [-0.25, -0.2) is 4.98 Å². The average molecular weight is 468 g/mol. The van der Waals surface area contributed by atoms with Gasteiger partial charge in [-0.2, -0.15) is 5.10 Å². The number of pyridine rings is 1. The molecule has 1 N–H and O–H groups in total. The van der Waals surface area contributed by atoms with E-state index in [1.807, 2.05) is 86.5 Å². The van der Waals surface area contributed by atoms with Crippen molar-refractivity contribution in [3.8, 4) is 11.3 Å². The lowest BCUT2D eigenvalue weighted by molar-refractivity contribution is 0.0700. The number of amides is 2. The van der Waals surface area contributed by atoms with E-state index < -0.39 is 0 Å². The van der Waals surface area contributed by atoms with Crippen molar-refractivity contribution in [1.29, 1.82) is 0 Å². The van der Waals surface area contributed by atoms with E-state index in [-0.39, 0.29) is 17.9 Å². The summed E-state index contributed by atoms with van der Waals surface area (Å²) in [6, 6.07) is 19.4. The Bertz CT molecular complexity index is 1400. The number of nitrogens with one attached hydrogen (secondary N) is 1. The van der Waals surface area contributed by atoms with Crippen molar-refractivity contribution in [2.75, 3.05) is 13.1 Å². The smallest absolute Gasteiger partial charge is 0.254 e. The summed E-state index contributed by atoms with van der Waals surface area (Å²) in [5.41, 5.74) is 5.49. The number of benzene rings is 2. The number of carbonyl (C=O) groups excluding carboxylic acids is 2. The van der Waals surface area contributed by atoms with Crippen LogP contribution in [0.25, 0.3) is 22.3 Å². The monoisotopic (exact) mass is 467 g/mol. The van der Waals surface area contributed by atoms with E-state index in [9.17, 15) is 9.59 Å². The zero-order valence-corrected chi connectivity index (χ0v) is 20.3. The number of piperidine rings is 1. The maximum atomic E-state index is 13.7. The Morgan fingerprint density at radius 2 is 1.63 bits per heavy atom. The highest BCUT2D eigenvalue weighted by Crippen LogP contribution is 2.28. The lowest BCUT2D eigenvalue weighted by Gasteiger charge is -2.32. The molecular formula is C28H29N5O2. The molecule has 0 spiro atoms. The summed E-state index contributed by atoms with van der Waals surface area (Å²) in [7, 11) is 1.86. The summed E-state index contributed by atoms with van der Waals surface area (Å²) in [6.45, 7) is 5.02. The fraction of sp³-hybridized carbons (Fsp3) is 0.286. The number of nitrogens with zero attached hydrogens (tertiary/aromatic N) is 4. The van der Waals surface area contributed by atoms with Gasteiger partial charge < -0.3 is 10.2 Å². The zero-order valence-electron chi connectivity index (χ0n) is 20.3. The highest BCUT2D eigenvalue weighted by atomic mass is 16.2. The van der Waals surface area contributed by atoms with Crippen molar-refractivity contribution in [3.05, 3.63) is 83.0 Å². The lowest BCUT2D eigenvalue weighted by atomic mass is 10.0. The van der Waals surface area contributed by atoms with E-state index >= 15 is 0 Å². The van der Waals surface area contributed by atoms with Gasteiger partial charge in [-0.3, -0.25) is 14.3 Å². The van der Waals surface area contributed by atoms with Crippen LogP contribution in [0.5, 0.6) is 0 Å². The van der Waals surface area contributed by atoms with Gasteiger partial charge >= 0.3 is 0 Å². The van der Waals surface area contributed by atoms with Gasteiger partial charge in [0.25, 0.3) is 11.8 Å². The molecule has 0 unspecified atom stereocenters. The van der Waals surface area contributed by atoms with Gasteiger partial charge in [-0.15, -0.1) is 0 Å². The van der Waals surface area contributed by atoms with Crippen LogP contribution in [0.15, 0.2) is 60.7 Å². The second-order valence-corrected chi connectivity index (χ2v) is 9.18. The molecule has 1 aliphatic heterocycles. The Hall–Kier alpha value is -4.00. The van der Waals surface area contributed by atoms with Crippen LogP contribution in [0.4, 0.5) is 0 Å². The van der Waals surface area contributed by atoms with Gasteiger partial charge in [-0.05, 0) is 44.4 Å². The Balaban J connectivity index is 1.36. The van der Waals surface area contributed by atoms with E-state index in [1.54, 1.807) is 4.68 Å². The molecular weight excluding hydrogens is 438 g/mol. The van der Waals surface area contributed by atoms with Gasteiger partial charge in [0, 0.05) is 37.3 Å². The Morgan fingerprint density at radius 3 is 2.34 bits per heavy atom. The lowest BCUT2D eigenvalue weighted by Crippen LogP contribution is -2.46. The summed E-state index contributed by atoms with van der Waals surface area (Å²) in [5, 5.41) is 8.48. The second kappa shape index (κ2) is 9.33. The fourth-order valence-electron chi connectivity index (χ4n) is 4.86. The normalized spacial score (nSPS) is 14.3.